The van der Waals surface area contributed by atoms with E-state index in [9.17, 15) is 34.4 Å². The van der Waals surface area contributed by atoms with E-state index >= 15 is 0 Å². The standard InChI is InChI=1S/C19H20F4N2O4S2/c20-17-5-7-18(8-6-17)31(28,29)25-10-2-9-24(11-12-25)30(26,27)14-15-3-1-4-16(13-15)19(21,22)23/h1,3-8,13H,2,9-12,14H2. The van der Waals surface area contributed by atoms with E-state index in [0.29, 0.717) is 0 Å². The monoisotopic (exact) mass is 480 g/mol. The van der Waals surface area contributed by atoms with Gasteiger partial charge in [-0.25, -0.2) is 25.5 Å². The third kappa shape index (κ3) is 5.62. The maximum absolute atomic E-state index is 13.1. The Hall–Kier alpha value is -2.02. The number of nitrogens with zero attached hydrogens (tertiary/aromatic N) is 2. The third-order valence-electron chi connectivity index (χ3n) is 4.86. The summed E-state index contributed by atoms with van der Waals surface area (Å²) in [4.78, 5) is -0.103. The van der Waals surface area contributed by atoms with Gasteiger partial charge in [0.15, 0.2) is 0 Å². The molecule has 2 aromatic rings. The molecule has 0 N–H and O–H groups in total. The van der Waals surface area contributed by atoms with Crippen molar-refractivity contribution in [2.75, 3.05) is 26.2 Å². The molecule has 0 saturated carbocycles. The zero-order valence-corrected chi connectivity index (χ0v) is 17.9. The summed E-state index contributed by atoms with van der Waals surface area (Å²) in [5.41, 5.74) is -0.942. The van der Waals surface area contributed by atoms with Crippen molar-refractivity contribution in [1.29, 1.82) is 0 Å². The van der Waals surface area contributed by atoms with Gasteiger partial charge < -0.3 is 0 Å². The van der Waals surface area contributed by atoms with Gasteiger partial charge in [-0.15, -0.1) is 0 Å². The van der Waals surface area contributed by atoms with Gasteiger partial charge >= 0.3 is 6.18 Å². The Morgan fingerprint density at radius 1 is 0.839 bits per heavy atom. The maximum Gasteiger partial charge on any atom is 0.416 e. The summed E-state index contributed by atoms with van der Waals surface area (Å²) in [6.07, 6.45) is -4.38. The summed E-state index contributed by atoms with van der Waals surface area (Å²) in [7, 11) is -7.90. The lowest BCUT2D eigenvalue weighted by Gasteiger charge is -2.22. The number of hydrogen-bond acceptors (Lipinski definition) is 4. The molecule has 6 nitrogen and oxygen atoms in total. The topological polar surface area (TPSA) is 74.8 Å². The fourth-order valence-corrected chi connectivity index (χ4v) is 6.30. The first kappa shape index (κ1) is 23.6. The first-order chi connectivity index (χ1) is 14.4. The lowest BCUT2D eigenvalue weighted by molar-refractivity contribution is -0.137. The Kier molecular flexibility index (Phi) is 6.75. The quantitative estimate of drug-likeness (QED) is 0.617. The highest BCUT2D eigenvalue weighted by atomic mass is 32.2. The van der Waals surface area contributed by atoms with Gasteiger partial charge in [-0.05, 0) is 42.3 Å². The summed E-state index contributed by atoms with van der Waals surface area (Å²) in [5, 5.41) is 0. The lowest BCUT2D eigenvalue weighted by Crippen LogP contribution is -2.37. The molecule has 0 atom stereocenters. The second-order valence-electron chi connectivity index (χ2n) is 7.06. The van der Waals surface area contributed by atoms with Crippen molar-refractivity contribution in [1.82, 2.24) is 8.61 Å². The van der Waals surface area contributed by atoms with Crippen LogP contribution in [0.25, 0.3) is 0 Å². The van der Waals surface area contributed by atoms with E-state index in [0.717, 1.165) is 51.1 Å². The number of rotatable bonds is 5. The summed E-state index contributed by atoms with van der Waals surface area (Å²) in [5.74, 6) is -1.21. The molecule has 31 heavy (non-hydrogen) atoms. The third-order valence-corrected chi connectivity index (χ3v) is 8.62. The molecule has 1 aliphatic heterocycles. The highest BCUT2D eigenvalue weighted by Gasteiger charge is 2.33. The number of hydrogen-bond donors (Lipinski definition) is 0. The fraction of sp³-hybridized carbons (Fsp3) is 0.368. The SMILES string of the molecule is O=S(=O)(Cc1cccc(C(F)(F)F)c1)N1CCCN(S(=O)(=O)c2ccc(F)cc2)CC1. The molecule has 0 aliphatic carbocycles. The first-order valence-electron chi connectivity index (χ1n) is 9.29. The lowest BCUT2D eigenvalue weighted by atomic mass is 10.1. The highest BCUT2D eigenvalue weighted by Crippen LogP contribution is 2.30. The van der Waals surface area contributed by atoms with Gasteiger partial charge in [0.2, 0.25) is 20.0 Å². The number of halogens is 4. The molecule has 2 aromatic carbocycles. The van der Waals surface area contributed by atoms with Crippen LogP contribution in [0.15, 0.2) is 53.4 Å². The molecule has 170 valence electrons. The Balaban J connectivity index is 1.73. The normalized spacial score (nSPS) is 17.4. The molecule has 1 saturated heterocycles. The average molecular weight is 481 g/mol. The minimum atomic E-state index is -4.59. The minimum absolute atomic E-state index is 0.00476. The predicted octanol–water partition coefficient (Wildman–Crippen LogP) is 3.07. The molecule has 0 unspecified atom stereocenters. The van der Waals surface area contributed by atoms with Crippen molar-refractivity contribution in [3.63, 3.8) is 0 Å². The van der Waals surface area contributed by atoms with Crippen LogP contribution < -0.4 is 0 Å². The van der Waals surface area contributed by atoms with Gasteiger partial charge in [0.05, 0.1) is 16.2 Å². The van der Waals surface area contributed by atoms with Crippen molar-refractivity contribution in [2.24, 2.45) is 0 Å². The van der Waals surface area contributed by atoms with Crippen molar-refractivity contribution in [2.45, 2.75) is 23.2 Å². The molecular formula is C19H20F4N2O4S2. The largest absolute Gasteiger partial charge is 0.416 e. The zero-order valence-electron chi connectivity index (χ0n) is 16.2. The second kappa shape index (κ2) is 8.85. The van der Waals surface area contributed by atoms with Crippen LogP contribution in [0.3, 0.4) is 0 Å². The molecule has 1 fully saturated rings. The molecule has 3 rings (SSSR count). The van der Waals surface area contributed by atoms with E-state index in [1.54, 1.807) is 0 Å². The zero-order chi connectivity index (χ0) is 22.9. The minimum Gasteiger partial charge on any atom is -0.212 e. The van der Waals surface area contributed by atoms with Crippen LogP contribution in [-0.4, -0.2) is 51.6 Å². The summed E-state index contributed by atoms with van der Waals surface area (Å²) >= 11 is 0. The summed E-state index contributed by atoms with van der Waals surface area (Å²) in [6.45, 7) is -0.157. The second-order valence-corrected chi connectivity index (χ2v) is 11.0. The molecular weight excluding hydrogens is 460 g/mol. The number of sulfonamides is 2. The van der Waals surface area contributed by atoms with Gasteiger partial charge in [0.1, 0.15) is 5.82 Å². The number of alkyl halides is 3. The first-order valence-corrected chi connectivity index (χ1v) is 12.3. The smallest absolute Gasteiger partial charge is 0.212 e. The van der Waals surface area contributed by atoms with Crippen molar-refractivity contribution >= 4 is 20.0 Å². The maximum atomic E-state index is 13.1. The number of benzene rings is 2. The van der Waals surface area contributed by atoms with Gasteiger partial charge in [-0.1, -0.05) is 18.2 Å². The Labute approximate surface area is 178 Å². The van der Waals surface area contributed by atoms with Gasteiger partial charge in [0.25, 0.3) is 0 Å². The van der Waals surface area contributed by atoms with E-state index < -0.39 is 43.4 Å². The molecule has 1 aliphatic rings. The Morgan fingerprint density at radius 3 is 2.10 bits per heavy atom. The molecule has 0 bridgehead atoms. The fourth-order valence-electron chi connectivity index (χ4n) is 3.28. The van der Waals surface area contributed by atoms with Crippen LogP contribution in [0.4, 0.5) is 17.6 Å². The molecule has 12 heteroatoms. The predicted molar refractivity (Wildman–Crippen MR) is 105 cm³/mol. The van der Waals surface area contributed by atoms with Crippen LogP contribution >= 0.6 is 0 Å². The van der Waals surface area contributed by atoms with Crippen molar-refractivity contribution < 1.29 is 34.4 Å². The molecule has 0 spiro atoms. The Bertz CT molecular complexity index is 1130. The van der Waals surface area contributed by atoms with Crippen LogP contribution in [0.2, 0.25) is 0 Å². The van der Waals surface area contributed by atoms with Crippen molar-refractivity contribution in [3.05, 3.63) is 65.5 Å². The highest BCUT2D eigenvalue weighted by molar-refractivity contribution is 7.89. The van der Waals surface area contributed by atoms with Crippen LogP contribution in [0, 0.1) is 5.82 Å². The van der Waals surface area contributed by atoms with E-state index in [2.05, 4.69) is 0 Å². The Morgan fingerprint density at radius 2 is 1.45 bits per heavy atom. The van der Waals surface area contributed by atoms with Crippen molar-refractivity contribution in [3.8, 4) is 0 Å². The van der Waals surface area contributed by atoms with Gasteiger partial charge in [-0.2, -0.15) is 17.5 Å². The van der Waals surface area contributed by atoms with E-state index in [-0.39, 0.29) is 43.1 Å². The summed E-state index contributed by atoms with van der Waals surface area (Å²) < 4.78 is 105. The van der Waals surface area contributed by atoms with Gasteiger partial charge in [-0.3, -0.25) is 0 Å². The molecule has 0 amide bonds. The molecule has 1 heterocycles. The van der Waals surface area contributed by atoms with Crippen LogP contribution in [-0.2, 0) is 32.0 Å². The van der Waals surface area contributed by atoms with E-state index in [4.69, 9.17) is 0 Å². The summed E-state index contributed by atoms with van der Waals surface area (Å²) in [6, 6.07) is 8.42. The molecule has 0 radical (unpaired) electrons. The average Bonchev–Trinajstić information content (AvgIpc) is 2.95. The van der Waals surface area contributed by atoms with Crippen LogP contribution in [0.1, 0.15) is 17.5 Å². The molecule has 0 aromatic heterocycles. The van der Waals surface area contributed by atoms with E-state index in [1.807, 2.05) is 0 Å². The van der Waals surface area contributed by atoms with Crippen LogP contribution in [0.5, 0.6) is 0 Å². The van der Waals surface area contributed by atoms with E-state index in [1.165, 1.54) is 6.07 Å². The van der Waals surface area contributed by atoms with Gasteiger partial charge in [0, 0.05) is 26.2 Å².